The minimum Gasteiger partial charge on any atom is -0.426 e. The molecule has 4 rings (SSSR count). The number of carbonyl (C=O) groups is 3. The molecule has 1 amide bonds. The number of benzene rings is 3. The molecule has 1 aliphatic rings. The number of ether oxygens (including phenoxy) is 3. The Morgan fingerprint density at radius 2 is 1.26 bits per heavy atom. The number of fused-ring (bicyclic) bond motifs is 1. The average Bonchev–Trinajstić information content (AvgIpc) is 3.18. The van der Waals surface area contributed by atoms with Gasteiger partial charge in [0.15, 0.2) is 5.75 Å². The molecule has 0 atom stereocenters. The van der Waals surface area contributed by atoms with Gasteiger partial charge in [-0.25, -0.2) is 0 Å². The van der Waals surface area contributed by atoms with Crippen LogP contribution in [0.4, 0.5) is 18.9 Å². The molecule has 0 bridgehead atoms. The predicted molar refractivity (Wildman–Crippen MR) is 148 cm³/mol. The van der Waals surface area contributed by atoms with Crippen molar-refractivity contribution in [1.29, 1.82) is 0 Å². The molecule has 13 heteroatoms. The Labute approximate surface area is 244 Å². The minimum atomic E-state index is -5.08. The van der Waals surface area contributed by atoms with Gasteiger partial charge in [-0.05, 0) is 69.6 Å². The van der Waals surface area contributed by atoms with Gasteiger partial charge < -0.3 is 19.5 Å². The number of hydrogen-bond acceptors (Lipinski definition) is 8. The quantitative estimate of drug-likeness (QED) is 0.282. The molecule has 3 aromatic rings. The van der Waals surface area contributed by atoms with Crippen molar-refractivity contribution in [2.24, 2.45) is 0 Å². The van der Waals surface area contributed by atoms with Crippen LogP contribution in [0.1, 0.15) is 16.7 Å². The molecular formula is C29H27ClF3N3O6. The second-order valence-corrected chi connectivity index (χ2v) is 10.4. The van der Waals surface area contributed by atoms with Gasteiger partial charge in [0.2, 0.25) is 5.91 Å². The molecule has 42 heavy (non-hydrogen) atoms. The molecule has 9 nitrogen and oxygen atoms in total. The maximum absolute atomic E-state index is 13.9. The van der Waals surface area contributed by atoms with E-state index in [4.69, 9.17) is 21.1 Å². The van der Waals surface area contributed by atoms with Crippen LogP contribution in [0.5, 0.6) is 17.2 Å². The fourth-order valence-electron chi connectivity index (χ4n) is 4.67. The van der Waals surface area contributed by atoms with Crippen molar-refractivity contribution < 1.29 is 41.8 Å². The van der Waals surface area contributed by atoms with Crippen molar-refractivity contribution in [2.75, 3.05) is 46.6 Å². The Morgan fingerprint density at radius 1 is 0.810 bits per heavy atom. The van der Waals surface area contributed by atoms with Gasteiger partial charge in [0, 0.05) is 5.56 Å². The van der Waals surface area contributed by atoms with E-state index in [1.165, 1.54) is 60.7 Å². The first-order chi connectivity index (χ1) is 19.7. The van der Waals surface area contributed by atoms with Crippen molar-refractivity contribution in [1.82, 2.24) is 9.80 Å². The van der Waals surface area contributed by atoms with Gasteiger partial charge in [0.25, 0.3) is 0 Å². The SMILES string of the molecule is CN(C)CC(=O)Oc1ccc(C2(c3ccc(OC(=O)CN(C)C)cc3)C(=O)Nc3c2ccc(Cl)c3OC(F)(F)F)cc1. The summed E-state index contributed by atoms with van der Waals surface area (Å²) in [7, 11) is 6.84. The zero-order chi connectivity index (χ0) is 30.8. The third-order valence-electron chi connectivity index (χ3n) is 6.24. The first kappa shape index (κ1) is 30.8. The third-order valence-corrected chi connectivity index (χ3v) is 6.54. The summed E-state index contributed by atoms with van der Waals surface area (Å²) in [4.78, 5) is 41.4. The number of nitrogens with zero attached hydrogens (tertiary/aromatic N) is 2. The van der Waals surface area contributed by atoms with Crippen LogP contribution < -0.4 is 19.5 Å². The maximum Gasteiger partial charge on any atom is 0.573 e. The molecule has 0 radical (unpaired) electrons. The molecule has 1 aliphatic heterocycles. The van der Waals surface area contributed by atoms with Gasteiger partial charge in [0.05, 0.1) is 23.8 Å². The fourth-order valence-corrected chi connectivity index (χ4v) is 4.86. The number of nitrogens with one attached hydrogen (secondary N) is 1. The second kappa shape index (κ2) is 12.0. The molecule has 222 valence electrons. The monoisotopic (exact) mass is 605 g/mol. The molecule has 1 heterocycles. The normalized spacial score (nSPS) is 14.0. The maximum atomic E-state index is 13.9. The van der Waals surface area contributed by atoms with Crippen LogP contribution in [0.3, 0.4) is 0 Å². The first-order valence-corrected chi connectivity index (χ1v) is 12.9. The predicted octanol–water partition coefficient (Wildman–Crippen LogP) is 4.46. The number of carbonyl (C=O) groups excluding carboxylic acids is 3. The van der Waals surface area contributed by atoms with E-state index in [0.717, 1.165) is 0 Å². The summed E-state index contributed by atoms with van der Waals surface area (Å²) in [5, 5.41) is 2.17. The van der Waals surface area contributed by atoms with Crippen molar-refractivity contribution in [3.63, 3.8) is 0 Å². The highest BCUT2D eigenvalue weighted by Gasteiger charge is 2.52. The van der Waals surface area contributed by atoms with E-state index in [1.807, 2.05) is 0 Å². The summed E-state index contributed by atoms with van der Waals surface area (Å²) < 4.78 is 54.8. The van der Waals surface area contributed by atoms with E-state index in [-0.39, 0.29) is 40.9 Å². The number of likely N-dealkylation sites (N-methyl/N-ethyl adjacent to an activating group) is 2. The molecule has 0 spiro atoms. The smallest absolute Gasteiger partial charge is 0.426 e. The Balaban J connectivity index is 1.83. The van der Waals surface area contributed by atoms with Crippen LogP contribution in [0.15, 0.2) is 60.7 Å². The lowest BCUT2D eigenvalue weighted by molar-refractivity contribution is -0.274. The number of halogens is 4. The van der Waals surface area contributed by atoms with Crippen LogP contribution in [-0.4, -0.2) is 75.3 Å². The molecule has 0 saturated heterocycles. The van der Waals surface area contributed by atoms with Crippen LogP contribution in [0.2, 0.25) is 5.02 Å². The average molecular weight is 606 g/mol. The fraction of sp³-hybridized carbons (Fsp3) is 0.276. The summed E-state index contributed by atoms with van der Waals surface area (Å²) in [6, 6.07) is 14.7. The van der Waals surface area contributed by atoms with Gasteiger partial charge in [-0.1, -0.05) is 41.9 Å². The summed E-state index contributed by atoms with van der Waals surface area (Å²) in [5.74, 6) is -2.02. The highest BCUT2D eigenvalue weighted by Crippen LogP contribution is 2.53. The molecule has 0 fully saturated rings. The summed E-state index contributed by atoms with van der Waals surface area (Å²) in [5.41, 5.74) is -1.08. The van der Waals surface area contributed by atoms with Crippen LogP contribution in [-0.2, 0) is 19.8 Å². The zero-order valence-electron chi connectivity index (χ0n) is 23.0. The van der Waals surface area contributed by atoms with E-state index in [0.29, 0.717) is 11.1 Å². The van der Waals surface area contributed by atoms with E-state index in [1.54, 1.807) is 38.0 Å². The van der Waals surface area contributed by atoms with E-state index < -0.39 is 35.4 Å². The van der Waals surface area contributed by atoms with Gasteiger partial charge in [0.1, 0.15) is 16.9 Å². The first-order valence-electron chi connectivity index (χ1n) is 12.5. The molecule has 0 aliphatic carbocycles. The summed E-state index contributed by atoms with van der Waals surface area (Å²) in [6.45, 7) is 0.0748. The number of hydrogen-bond donors (Lipinski definition) is 1. The Bertz CT molecular complexity index is 1420. The highest BCUT2D eigenvalue weighted by molar-refractivity contribution is 6.33. The summed E-state index contributed by atoms with van der Waals surface area (Å²) >= 11 is 6.08. The molecule has 3 aromatic carbocycles. The Kier molecular flexibility index (Phi) is 8.81. The number of esters is 2. The van der Waals surface area contributed by atoms with E-state index in [2.05, 4.69) is 10.1 Å². The highest BCUT2D eigenvalue weighted by atomic mass is 35.5. The van der Waals surface area contributed by atoms with Crippen molar-refractivity contribution >= 4 is 35.1 Å². The number of anilines is 1. The number of amides is 1. The zero-order valence-corrected chi connectivity index (χ0v) is 23.8. The molecule has 1 N–H and O–H groups in total. The minimum absolute atomic E-state index is 0.0374. The van der Waals surface area contributed by atoms with Crippen LogP contribution in [0, 0.1) is 0 Å². The Hall–Kier alpha value is -4.13. The Morgan fingerprint density at radius 3 is 1.67 bits per heavy atom. The lowest BCUT2D eigenvalue weighted by Gasteiger charge is -2.29. The van der Waals surface area contributed by atoms with Gasteiger partial charge in [-0.2, -0.15) is 0 Å². The molecule has 0 saturated carbocycles. The largest absolute Gasteiger partial charge is 0.573 e. The van der Waals surface area contributed by atoms with Crippen molar-refractivity contribution in [3.8, 4) is 17.2 Å². The lowest BCUT2D eigenvalue weighted by atomic mass is 9.70. The number of rotatable bonds is 9. The van der Waals surface area contributed by atoms with Gasteiger partial charge in [-0.15, -0.1) is 13.2 Å². The lowest BCUT2D eigenvalue weighted by Crippen LogP contribution is -2.37. The van der Waals surface area contributed by atoms with Crippen molar-refractivity contribution in [2.45, 2.75) is 11.8 Å². The molecular weight excluding hydrogens is 579 g/mol. The standard InChI is InChI=1S/C29H27ClF3N3O6/c1-35(2)15-23(37)40-19-9-5-17(6-10-19)28(18-7-11-20(12-8-18)41-24(38)16-36(3)4)21-13-14-22(30)26(42-29(31,32)33)25(21)34-27(28)39/h5-14H,15-16H2,1-4H3,(H,34,39). The topological polar surface area (TPSA) is 97.4 Å². The molecule has 0 unspecified atom stereocenters. The van der Waals surface area contributed by atoms with Gasteiger partial charge >= 0.3 is 18.3 Å². The molecule has 0 aromatic heterocycles. The van der Waals surface area contributed by atoms with Gasteiger partial charge in [-0.3, -0.25) is 24.2 Å². The number of alkyl halides is 3. The van der Waals surface area contributed by atoms with Crippen LogP contribution >= 0.6 is 11.6 Å². The third kappa shape index (κ3) is 6.51. The second-order valence-electron chi connectivity index (χ2n) is 10.0. The summed E-state index contributed by atoms with van der Waals surface area (Å²) in [6.07, 6.45) is -5.08. The van der Waals surface area contributed by atoms with E-state index in [9.17, 15) is 27.6 Å². The van der Waals surface area contributed by atoms with Crippen molar-refractivity contribution in [3.05, 3.63) is 82.4 Å². The van der Waals surface area contributed by atoms with Crippen LogP contribution in [0.25, 0.3) is 0 Å². The van der Waals surface area contributed by atoms with E-state index >= 15 is 0 Å².